The van der Waals surface area contributed by atoms with Gasteiger partial charge in [0.15, 0.2) is 0 Å². The molecule has 36 heavy (non-hydrogen) atoms. The second-order valence-electron chi connectivity index (χ2n) is 9.46. The molecule has 2 aliphatic heterocycles. The molecule has 0 radical (unpaired) electrons. The van der Waals surface area contributed by atoms with Gasteiger partial charge in [0.25, 0.3) is 5.91 Å². The number of aromatic nitrogens is 2. The Morgan fingerprint density at radius 2 is 1.78 bits per heavy atom. The number of carbonyl (C=O) groups is 1. The fourth-order valence-electron chi connectivity index (χ4n) is 5.19. The molecule has 1 atom stereocenters. The van der Waals surface area contributed by atoms with Gasteiger partial charge in [-0.25, -0.2) is 9.97 Å². The van der Waals surface area contributed by atoms with Crippen molar-refractivity contribution >= 4 is 23.2 Å². The lowest BCUT2D eigenvalue weighted by molar-refractivity contribution is 0.0638. The Labute approximate surface area is 212 Å². The van der Waals surface area contributed by atoms with Crippen LogP contribution in [-0.4, -0.2) is 78.6 Å². The molecule has 1 aromatic carbocycles. The zero-order valence-corrected chi connectivity index (χ0v) is 20.8. The fourth-order valence-corrected chi connectivity index (χ4v) is 5.19. The molecule has 8 nitrogen and oxygen atoms in total. The number of pyridine rings is 2. The number of nitrogens with zero attached hydrogens (tertiary/aromatic N) is 5. The SMILES string of the molecule is COc1ccccc1Nc1ncccc1C(=O)N1CCCC(CN2CCN(c3ccccn3)CC2)C1. The number of hydrogen-bond donors (Lipinski definition) is 1. The van der Waals surface area contributed by atoms with E-state index in [1.165, 1.54) is 0 Å². The third-order valence-corrected chi connectivity index (χ3v) is 7.07. The van der Waals surface area contributed by atoms with E-state index in [9.17, 15) is 4.79 Å². The first-order chi connectivity index (χ1) is 17.7. The van der Waals surface area contributed by atoms with Crippen molar-refractivity contribution in [2.75, 3.05) is 63.1 Å². The summed E-state index contributed by atoms with van der Waals surface area (Å²) in [6.45, 7) is 6.61. The largest absolute Gasteiger partial charge is 0.495 e. The quantitative estimate of drug-likeness (QED) is 0.543. The van der Waals surface area contributed by atoms with Gasteiger partial charge in [0, 0.05) is 58.2 Å². The van der Waals surface area contributed by atoms with E-state index in [0.717, 1.165) is 70.2 Å². The van der Waals surface area contributed by atoms with Gasteiger partial charge in [-0.2, -0.15) is 0 Å². The van der Waals surface area contributed by atoms with Crippen molar-refractivity contribution in [1.82, 2.24) is 19.8 Å². The third kappa shape index (κ3) is 5.60. The van der Waals surface area contributed by atoms with Crippen LogP contribution < -0.4 is 15.0 Å². The van der Waals surface area contributed by atoms with Crippen molar-refractivity contribution < 1.29 is 9.53 Å². The van der Waals surface area contributed by atoms with E-state index in [1.54, 1.807) is 13.3 Å². The summed E-state index contributed by atoms with van der Waals surface area (Å²) in [7, 11) is 1.64. The Bertz CT molecular complexity index is 1150. The number of benzene rings is 1. The number of nitrogens with one attached hydrogen (secondary N) is 1. The van der Waals surface area contributed by atoms with Crippen LogP contribution in [0.3, 0.4) is 0 Å². The minimum absolute atomic E-state index is 0.0326. The van der Waals surface area contributed by atoms with Crippen LogP contribution in [0.15, 0.2) is 67.0 Å². The predicted molar refractivity (Wildman–Crippen MR) is 142 cm³/mol. The number of rotatable bonds is 7. The molecular weight excluding hydrogens is 452 g/mol. The van der Waals surface area contributed by atoms with Crippen LogP contribution in [0.25, 0.3) is 0 Å². The van der Waals surface area contributed by atoms with E-state index in [1.807, 2.05) is 59.6 Å². The summed E-state index contributed by atoms with van der Waals surface area (Å²) in [5.41, 5.74) is 1.38. The first kappa shape index (κ1) is 24.1. The average Bonchev–Trinajstić information content (AvgIpc) is 2.94. The monoisotopic (exact) mass is 486 g/mol. The summed E-state index contributed by atoms with van der Waals surface area (Å²) in [4.78, 5) is 29.5. The standard InChI is InChI=1S/C28H34N6O2/c1-36-25-11-3-2-10-24(25)31-27-23(9-6-14-30-27)28(35)34-15-7-8-22(21-34)20-32-16-18-33(19-17-32)26-12-4-5-13-29-26/h2-6,9-14,22H,7-8,15-21H2,1H3,(H,30,31). The minimum Gasteiger partial charge on any atom is -0.495 e. The number of anilines is 3. The van der Waals surface area contributed by atoms with Crippen molar-refractivity contribution in [3.05, 3.63) is 72.6 Å². The first-order valence-electron chi connectivity index (χ1n) is 12.7. The number of hydrogen-bond acceptors (Lipinski definition) is 7. The maximum absolute atomic E-state index is 13.6. The molecule has 0 saturated carbocycles. The Hall–Kier alpha value is -3.65. The highest BCUT2D eigenvalue weighted by Crippen LogP contribution is 2.29. The van der Waals surface area contributed by atoms with Gasteiger partial charge in [0.1, 0.15) is 17.4 Å². The zero-order chi connectivity index (χ0) is 24.7. The van der Waals surface area contributed by atoms with Crippen LogP contribution >= 0.6 is 0 Å². The molecule has 1 N–H and O–H groups in total. The Morgan fingerprint density at radius 1 is 0.972 bits per heavy atom. The molecule has 3 aromatic rings. The summed E-state index contributed by atoms with van der Waals surface area (Å²) >= 11 is 0. The molecule has 2 saturated heterocycles. The van der Waals surface area contributed by atoms with E-state index in [4.69, 9.17) is 4.74 Å². The molecule has 1 amide bonds. The molecule has 0 bridgehead atoms. The molecule has 0 spiro atoms. The Kier molecular flexibility index (Phi) is 7.61. The molecule has 2 aliphatic rings. The van der Waals surface area contributed by atoms with Crippen LogP contribution in [0.4, 0.5) is 17.3 Å². The number of para-hydroxylation sites is 2. The molecule has 4 heterocycles. The maximum atomic E-state index is 13.6. The van der Waals surface area contributed by atoms with Crippen molar-refractivity contribution in [2.24, 2.45) is 5.92 Å². The molecule has 188 valence electrons. The van der Waals surface area contributed by atoms with Gasteiger partial charge >= 0.3 is 0 Å². The molecule has 1 unspecified atom stereocenters. The summed E-state index contributed by atoms with van der Waals surface area (Å²) in [5.74, 6) is 2.83. The van der Waals surface area contributed by atoms with Crippen LogP contribution in [0.1, 0.15) is 23.2 Å². The second-order valence-corrected chi connectivity index (χ2v) is 9.46. The van der Waals surface area contributed by atoms with E-state index < -0.39 is 0 Å². The Balaban J connectivity index is 1.20. The van der Waals surface area contributed by atoms with Gasteiger partial charge in [-0.05, 0) is 55.2 Å². The zero-order valence-electron chi connectivity index (χ0n) is 20.8. The van der Waals surface area contributed by atoms with Crippen LogP contribution in [0, 0.1) is 5.92 Å². The highest BCUT2D eigenvalue weighted by atomic mass is 16.5. The number of piperazine rings is 1. The predicted octanol–water partition coefficient (Wildman–Crippen LogP) is 3.90. The molecule has 2 fully saturated rings. The van der Waals surface area contributed by atoms with E-state index >= 15 is 0 Å². The van der Waals surface area contributed by atoms with Gasteiger partial charge in [-0.3, -0.25) is 9.69 Å². The number of likely N-dealkylation sites (tertiary alicyclic amines) is 1. The van der Waals surface area contributed by atoms with Crippen LogP contribution in [-0.2, 0) is 0 Å². The minimum atomic E-state index is 0.0326. The van der Waals surface area contributed by atoms with Crippen LogP contribution in [0.5, 0.6) is 5.75 Å². The van der Waals surface area contributed by atoms with Crippen molar-refractivity contribution in [3.8, 4) is 5.75 Å². The number of methoxy groups -OCH3 is 1. The lowest BCUT2D eigenvalue weighted by Crippen LogP contribution is -2.50. The summed E-state index contributed by atoms with van der Waals surface area (Å²) in [5, 5.41) is 3.30. The third-order valence-electron chi connectivity index (χ3n) is 7.07. The van der Waals surface area contributed by atoms with Crippen molar-refractivity contribution in [3.63, 3.8) is 0 Å². The number of amides is 1. The first-order valence-corrected chi connectivity index (χ1v) is 12.7. The summed E-state index contributed by atoms with van der Waals surface area (Å²) in [6.07, 6.45) is 5.75. The number of ether oxygens (including phenoxy) is 1. The highest BCUT2D eigenvalue weighted by Gasteiger charge is 2.28. The van der Waals surface area contributed by atoms with E-state index in [2.05, 4.69) is 31.2 Å². The van der Waals surface area contributed by atoms with Crippen LogP contribution in [0.2, 0.25) is 0 Å². The van der Waals surface area contributed by atoms with Crippen molar-refractivity contribution in [2.45, 2.75) is 12.8 Å². The van der Waals surface area contributed by atoms with E-state index in [-0.39, 0.29) is 5.91 Å². The number of piperidine rings is 1. The molecule has 5 rings (SSSR count). The lowest BCUT2D eigenvalue weighted by atomic mass is 9.96. The van der Waals surface area contributed by atoms with Gasteiger partial charge < -0.3 is 19.9 Å². The summed E-state index contributed by atoms with van der Waals surface area (Å²) in [6, 6.07) is 17.4. The van der Waals surface area contributed by atoms with Gasteiger partial charge in [-0.15, -0.1) is 0 Å². The normalized spacial score (nSPS) is 18.6. The smallest absolute Gasteiger partial charge is 0.257 e. The van der Waals surface area contributed by atoms with Crippen molar-refractivity contribution in [1.29, 1.82) is 0 Å². The van der Waals surface area contributed by atoms with Gasteiger partial charge in [0.2, 0.25) is 0 Å². The molecular formula is C28H34N6O2. The molecule has 0 aliphatic carbocycles. The van der Waals surface area contributed by atoms with Gasteiger partial charge in [0.05, 0.1) is 18.4 Å². The molecule has 2 aromatic heterocycles. The highest BCUT2D eigenvalue weighted by molar-refractivity contribution is 5.99. The fraction of sp³-hybridized carbons (Fsp3) is 0.393. The van der Waals surface area contributed by atoms with E-state index in [0.29, 0.717) is 23.0 Å². The topological polar surface area (TPSA) is 73.8 Å². The second kappa shape index (κ2) is 11.4. The summed E-state index contributed by atoms with van der Waals surface area (Å²) < 4.78 is 5.46. The lowest BCUT2D eigenvalue weighted by Gasteiger charge is -2.39. The maximum Gasteiger partial charge on any atom is 0.257 e. The Morgan fingerprint density at radius 3 is 2.58 bits per heavy atom. The van der Waals surface area contributed by atoms with Gasteiger partial charge in [-0.1, -0.05) is 18.2 Å². The molecule has 8 heteroatoms. The average molecular weight is 487 g/mol. The number of carbonyl (C=O) groups excluding carboxylic acids is 1.